The molecule has 2 aromatic carbocycles. The zero-order valence-corrected chi connectivity index (χ0v) is 19.4. The number of rotatable bonds is 5. The summed E-state index contributed by atoms with van der Waals surface area (Å²) < 4.78 is 5.73. The van der Waals surface area contributed by atoms with E-state index in [1.54, 1.807) is 42.5 Å². The van der Waals surface area contributed by atoms with Crippen LogP contribution < -0.4 is 9.64 Å². The highest BCUT2D eigenvalue weighted by atomic mass is 35.5. The van der Waals surface area contributed by atoms with Crippen molar-refractivity contribution in [2.75, 3.05) is 4.90 Å². The molecule has 164 valence electrons. The molecule has 1 saturated heterocycles. The van der Waals surface area contributed by atoms with Crippen molar-refractivity contribution < 1.29 is 19.4 Å². The molecule has 0 bridgehead atoms. The Morgan fingerprint density at radius 1 is 1.12 bits per heavy atom. The van der Waals surface area contributed by atoms with Gasteiger partial charge in [-0.1, -0.05) is 29.8 Å². The number of hydrogen-bond acceptors (Lipinski definition) is 5. The lowest BCUT2D eigenvalue weighted by Crippen LogP contribution is -2.29. The lowest BCUT2D eigenvalue weighted by Gasteiger charge is -2.25. The predicted molar refractivity (Wildman–Crippen MR) is 127 cm³/mol. The third-order valence-electron chi connectivity index (χ3n) is 5.15. The summed E-state index contributed by atoms with van der Waals surface area (Å²) in [4.78, 5) is 28.6. The van der Waals surface area contributed by atoms with Gasteiger partial charge in [-0.15, -0.1) is 11.3 Å². The summed E-state index contributed by atoms with van der Waals surface area (Å²) in [5, 5.41) is 13.6. The number of ketones is 1. The van der Waals surface area contributed by atoms with Crippen LogP contribution in [0.5, 0.6) is 5.75 Å². The van der Waals surface area contributed by atoms with Crippen molar-refractivity contribution in [1.82, 2.24) is 0 Å². The van der Waals surface area contributed by atoms with Gasteiger partial charge in [-0.25, -0.2) is 0 Å². The maximum Gasteiger partial charge on any atom is 0.300 e. The van der Waals surface area contributed by atoms with Crippen molar-refractivity contribution in [2.45, 2.75) is 32.9 Å². The zero-order valence-electron chi connectivity index (χ0n) is 17.8. The number of aryl methyl sites for hydroxylation is 1. The minimum absolute atomic E-state index is 0.0445. The van der Waals surface area contributed by atoms with Crippen LogP contribution >= 0.6 is 22.9 Å². The summed E-state index contributed by atoms with van der Waals surface area (Å²) in [5.74, 6) is -1.08. The Morgan fingerprint density at radius 2 is 1.91 bits per heavy atom. The highest BCUT2D eigenvalue weighted by Crippen LogP contribution is 2.44. The van der Waals surface area contributed by atoms with Gasteiger partial charge >= 0.3 is 0 Å². The quantitative estimate of drug-likeness (QED) is 0.278. The number of carbonyl (C=O) groups excluding carboxylic acids is 2. The highest BCUT2D eigenvalue weighted by Gasteiger charge is 2.47. The molecule has 0 radical (unpaired) electrons. The van der Waals surface area contributed by atoms with E-state index in [9.17, 15) is 14.7 Å². The largest absolute Gasteiger partial charge is 0.507 e. The summed E-state index contributed by atoms with van der Waals surface area (Å²) in [6, 6.07) is 15.0. The number of halogens is 1. The topological polar surface area (TPSA) is 66.8 Å². The van der Waals surface area contributed by atoms with Gasteiger partial charge in [0.1, 0.15) is 17.6 Å². The molecule has 3 aromatic rings. The van der Waals surface area contributed by atoms with Crippen molar-refractivity contribution in [3.8, 4) is 5.75 Å². The first-order chi connectivity index (χ1) is 15.3. The van der Waals surface area contributed by atoms with Gasteiger partial charge in [0.15, 0.2) is 0 Å². The molecule has 1 aliphatic rings. The number of thiophene rings is 1. The molecular weight excluding hydrogens is 446 g/mol. The molecule has 1 fully saturated rings. The van der Waals surface area contributed by atoms with Crippen LogP contribution in [-0.2, 0) is 9.59 Å². The molecule has 1 aliphatic heterocycles. The fourth-order valence-electron chi connectivity index (χ4n) is 3.83. The zero-order chi connectivity index (χ0) is 23.0. The van der Waals surface area contributed by atoms with Crippen LogP contribution in [0.25, 0.3) is 5.76 Å². The summed E-state index contributed by atoms with van der Waals surface area (Å²) in [7, 11) is 0. The van der Waals surface area contributed by atoms with E-state index < -0.39 is 17.7 Å². The van der Waals surface area contributed by atoms with Gasteiger partial charge in [0.2, 0.25) is 0 Å². The number of ether oxygens (including phenoxy) is 1. The van der Waals surface area contributed by atoms with Crippen molar-refractivity contribution in [1.29, 1.82) is 0 Å². The minimum Gasteiger partial charge on any atom is -0.507 e. The van der Waals surface area contributed by atoms with Crippen LogP contribution in [0.4, 0.5) is 5.69 Å². The van der Waals surface area contributed by atoms with E-state index in [0.717, 1.165) is 10.4 Å². The summed E-state index contributed by atoms with van der Waals surface area (Å²) in [6.07, 6.45) is -0.0445. The van der Waals surface area contributed by atoms with Gasteiger partial charge in [0.05, 0.1) is 11.7 Å². The molecule has 5 nitrogen and oxygen atoms in total. The smallest absolute Gasteiger partial charge is 0.300 e. The van der Waals surface area contributed by atoms with Gasteiger partial charge in [0, 0.05) is 21.2 Å². The third-order valence-corrected chi connectivity index (χ3v) is 6.31. The standard InChI is InChI=1S/C25H22ClNO4S/c1-14(2)31-18-7-4-6-16(13-18)23(28)21-22(20-8-5-11-32-20)27(25(30)24(21)29)19-10-9-17(26)12-15(19)3/h4-14,22,28H,1-3H3/b23-21-. The molecule has 1 unspecified atom stereocenters. The van der Waals surface area contributed by atoms with Crippen molar-refractivity contribution in [3.05, 3.63) is 86.6 Å². The second-order valence-electron chi connectivity index (χ2n) is 7.81. The first kappa shape index (κ1) is 22.1. The molecular formula is C25H22ClNO4S. The molecule has 0 saturated carbocycles. The number of Topliss-reactive ketones (excluding diaryl/α,β-unsaturated/α-hetero) is 1. The SMILES string of the molecule is Cc1cc(Cl)ccc1N1C(=O)C(=O)/C(=C(\O)c2cccc(OC(C)C)c2)C1c1cccs1. The van der Waals surface area contributed by atoms with Crippen molar-refractivity contribution >= 4 is 46.1 Å². The van der Waals surface area contributed by atoms with Crippen LogP contribution in [0, 0.1) is 6.92 Å². The Hall–Kier alpha value is -3.09. The molecule has 1 amide bonds. The molecule has 1 N–H and O–H groups in total. The van der Waals surface area contributed by atoms with Gasteiger partial charge in [0.25, 0.3) is 11.7 Å². The number of nitrogens with zero attached hydrogens (tertiary/aromatic N) is 1. The lowest BCUT2D eigenvalue weighted by atomic mass is 9.99. The highest BCUT2D eigenvalue weighted by molar-refractivity contribution is 7.10. The van der Waals surface area contributed by atoms with E-state index in [0.29, 0.717) is 22.0 Å². The Labute approximate surface area is 195 Å². The number of carbonyl (C=O) groups is 2. The molecule has 1 atom stereocenters. The first-order valence-corrected chi connectivity index (χ1v) is 11.4. The minimum atomic E-state index is -0.746. The fraction of sp³-hybridized carbons (Fsp3) is 0.200. The molecule has 32 heavy (non-hydrogen) atoms. The average molecular weight is 468 g/mol. The van der Waals surface area contributed by atoms with Crippen LogP contribution in [0.3, 0.4) is 0 Å². The van der Waals surface area contributed by atoms with Gasteiger partial charge in [-0.05, 0) is 68.1 Å². The molecule has 4 rings (SSSR count). The third kappa shape index (κ3) is 4.04. The maximum absolute atomic E-state index is 13.2. The number of hydrogen-bond donors (Lipinski definition) is 1. The molecule has 0 aliphatic carbocycles. The van der Waals surface area contributed by atoms with Gasteiger partial charge in [-0.3, -0.25) is 14.5 Å². The van der Waals surface area contributed by atoms with Gasteiger partial charge < -0.3 is 9.84 Å². The molecule has 7 heteroatoms. The lowest BCUT2D eigenvalue weighted by molar-refractivity contribution is -0.132. The average Bonchev–Trinajstić information content (AvgIpc) is 3.35. The predicted octanol–water partition coefficient (Wildman–Crippen LogP) is 6.12. The number of amides is 1. The number of aliphatic hydroxyl groups is 1. The van der Waals surface area contributed by atoms with E-state index >= 15 is 0 Å². The molecule has 2 heterocycles. The summed E-state index contributed by atoms with van der Waals surface area (Å²) in [5.41, 5.74) is 1.79. The van der Waals surface area contributed by atoms with E-state index in [1.807, 2.05) is 38.3 Å². The van der Waals surface area contributed by atoms with Crippen LogP contribution in [0.1, 0.15) is 35.9 Å². The fourth-order valence-corrected chi connectivity index (χ4v) is 4.88. The van der Waals surface area contributed by atoms with Gasteiger partial charge in [-0.2, -0.15) is 0 Å². The Bertz CT molecular complexity index is 1220. The monoisotopic (exact) mass is 467 g/mol. The summed E-state index contributed by atoms with van der Waals surface area (Å²) >= 11 is 7.52. The molecule has 1 aromatic heterocycles. The van der Waals surface area contributed by atoms with E-state index in [-0.39, 0.29) is 17.4 Å². The Balaban J connectivity index is 1.89. The Kier molecular flexibility index (Phi) is 6.09. The molecule has 0 spiro atoms. The van der Waals surface area contributed by atoms with Crippen LogP contribution in [0.2, 0.25) is 5.02 Å². The van der Waals surface area contributed by atoms with E-state index in [1.165, 1.54) is 16.2 Å². The van der Waals surface area contributed by atoms with Crippen LogP contribution in [-0.4, -0.2) is 22.9 Å². The number of benzene rings is 2. The van der Waals surface area contributed by atoms with E-state index in [4.69, 9.17) is 16.3 Å². The normalized spacial score (nSPS) is 17.9. The second kappa shape index (κ2) is 8.81. The Morgan fingerprint density at radius 3 is 2.56 bits per heavy atom. The summed E-state index contributed by atoms with van der Waals surface area (Å²) in [6.45, 7) is 5.64. The second-order valence-corrected chi connectivity index (χ2v) is 9.23. The van der Waals surface area contributed by atoms with Crippen molar-refractivity contribution in [2.24, 2.45) is 0 Å². The van der Waals surface area contributed by atoms with Crippen molar-refractivity contribution in [3.63, 3.8) is 0 Å². The maximum atomic E-state index is 13.2. The first-order valence-electron chi connectivity index (χ1n) is 10.2. The number of aliphatic hydroxyl groups excluding tert-OH is 1. The van der Waals surface area contributed by atoms with Crippen LogP contribution in [0.15, 0.2) is 65.6 Å². The number of anilines is 1. The van der Waals surface area contributed by atoms with E-state index in [2.05, 4.69) is 0 Å².